The Kier molecular flexibility index (Phi) is 5.53. The van der Waals surface area contributed by atoms with Crippen LogP contribution in [0.2, 0.25) is 4.34 Å². The minimum atomic E-state index is -4.35. The van der Waals surface area contributed by atoms with Crippen molar-refractivity contribution in [3.63, 3.8) is 0 Å². The normalized spacial score (nSPS) is 22.3. The van der Waals surface area contributed by atoms with E-state index in [0.29, 0.717) is 9.21 Å². The van der Waals surface area contributed by atoms with Gasteiger partial charge in [-0.2, -0.15) is 13.2 Å². The summed E-state index contributed by atoms with van der Waals surface area (Å²) in [5.74, 6) is -1.60. The monoisotopic (exact) mass is 370 g/mol. The van der Waals surface area contributed by atoms with E-state index < -0.39 is 43.1 Å². The van der Waals surface area contributed by atoms with Gasteiger partial charge in [-0.3, -0.25) is 14.5 Å². The highest BCUT2D eigenvalue weighted by atomic mass is 35.5. The van der Waals surface area contributed by atoms with Crippen LogP contribution in [0.15, 0.2) is 12.1 Å². The van der Waals surface area contributed by atoms with E-state index in [-0.39, 0.29) is 13.0 Å². The van der Waals surface area contributed by atoms with Crippen LogP contribution in [-0.4, -0.2) is 53.2 Å². The largest absolute Gasteiger partial charge is 0.480 e. The van der Waals surface area contributed by atoms with E-state index in [1.807, 2.05) is 0 Å². The molecule has 0 spiro atoms. The molecule has 1 aromatic heterocycles. The molecule has 2 unspecified atom stereocenters. The lowest BCUT2D eigenvalue weighted by atomic mass is 10.1. The van der Waals surface area contributed by atoms with Crippen LogP contribution in [0.25, 0.3) is 0 Å². The van der Waals surface area contributed by atoms with Gasteiger partial charge < -0.3 is 10.4 Å². The Balaban J connectivity index is 1.96. The first-order valence-electron chi connectivity index (χ1n) is 6.75. The Hall–Kier alpha value is -1.32. The predicted molar refractivity (Wildman–Crippen MR) is 78.9 cm³/mol. The van der Waals surface area contributed by atoms with E-state index in [2.05, 4.69) is 5.32 Å². The second kappa shape index (κ2) is 7.06. The Morgan fingerprint density at radius 3 is 2.65 bits per heavy atom. The average Bonchev–Trinajstić information content (AvgIpc) is 3.02. The molecule has 128 valence electrons. The van der Waals surface area contributed by atoms with E-state index in [0.717, 1.165) is 11.3 Å². The van der Waals surface area contributed by atoms with E-state index in [1.165, 1.54) is 11.0 Å². The number of rotatable bonds is 5. The summed E-state index contributed by atoms with van der Waals surface area (Å²) in [5, 5.41) is 11.8. The standard InChI is InChI=1S/C13H14ClF3N2O3S/c14-10-2-1-9(23-10)11(20)18-7-5-8(12(21)22)19(6-7)4-3-13(15,16)17/h1-2,7-8H,3-6H2,(H,18,20)(H,21,22). The first-order valence-corrected chi connectivity index (χ1v) is 7.95. The third-order valence-corrected chi connectivity index (χ3v) is 4.73. The van der Waals surface area contributed by atoms with Gasteiger partial charge in [-0.15, -0.1) is 11.3 Å². The molecule has 0 bridgehead atoms. The number of nitrogens with zero attached hydrogens (tertiary/aromatic N) is 1. The maximum absolute atomic E-state index is 12.3. The van der Waals surface area contributed by atoms with Gasteiger partial charge in [-0.1, -0.05) is 11.6 Å². The number of aliphatic carboxylic acids is 1. The Morgan fingerprint density at radius 2 is 2.13 bits per heavy atom. The van der Waals surface area contributed by atoms with Gasteiger partial charge in [0.05, 0.1) is 15.6 Å². The second-order valence-corrected chi connectivity index (χ2v) is 6.94. The number of alkyl halides is 3. The fourth-order valence-electron chi connectivity index (χ4n) is 2.48. The number of carbonyl (C=O) groups is 2. The zero-order valence-corrected chi connectivity index (χ0v) is 13.3. The van der Waals surface area contributed by atoms with Crippen LogP contribution >= 0.6 is 22.9 Å². The number of carboxylic acids is 1. The quantitative estimate of drug-likeness (QED) is 0.836. The smallest absolute Gasteiger partial charge is 0.390 e. The van der Waals surface area contributed by atoms with Crippen LogP contribution < -0.4 is 5.32 Å². The Labute approximate surface area is 139 Å². The number of carboxylic acid groups (broad SMARTS) is 1. The number of nitrogens with one attached hydrogen (secondary N) is 1. The molecule has 1 saturated heterocycles. The van der Waals surface area contributed by atoms with E-state index >= 15 is 0 Å². The van der Waals surface area contributed by atoms with E-state index in [1.54, 1.807) is 6.07 Å². The molecule has 1 aliphatic rings. The van der Waals surface area contributed by atoms with Gasteiger partial charge >= 0.3 is 12.1 Å². The van der Waals surface area contributed by atoms with Gasteiger partial charge in [0.1, 0.15) is 6.04 Å². The molecule has 0 aromatic carbocycles. The predicted octanol–water partition coefficient (Wildman–Crippen LogP) is 2.61. The van der Waals surface area contributed by atoms with Crippen LogP contribution in [0.4, 0.5) is 13.2 Å². The Bertz CT molecular complexity index is 593. The molecule has 1 aromatic rings. The van der Waals surface area contributed by atoms with Gasteiger partial charge in [-0.25, -0.2) is 0 Å². The molecular formula is C13H14ClF3N2O3S. The van der Waals surface area contributed by atoms with Crippen LogP contribution in [0.5, 0.6) is 0 Å². The summed E-state index contributed by atoms with van der Waals surface area (Å²) in [5.41, 5.74) is 0. The fourth-order valence-corrected chi connectivity index (χ4v) is 3.42. The molecule has 1 aliphatic heterocycles. The first-order chi connectivity index (χ1) is 10.7. The number of amides is 1. The topological polar surface area (TPSA) is 69.6 Å². The minimum Gasteiger partial charge on any atom is -0.480 e. The Morgan fingerprint density at radius 1 is 1.43 bits per heavy atom. The molecule has 1 amide bonds. The lowest BCUT2D eigenvalue weighted by Gasteiger charge is -2.21. The van der Waals surface area contributed by atoms with Crippen molar-refractivity contribution in [2.75, 3.05) is 13.1 Å². The highest BCUT2D eigenvalue weighted by Crippen LogP contribution is 2.25. The third-order valence-electron chi connectivity index (χ3n) is 3.50. The molecule has 5 nitrogen and oxygen atoms in total. The van der Waals surface area contributed by atoms with Crippen molar-refractivity contribution in [1.29, 1.82) is 0 Å². The zero-order valence-electron chi connectivity index (χ0n) is 11.8. The van der Waals surface area contributed by atoms with Crippen LogP contribution in [0.3, 0.4) is 0 Å². The first kappa shape index (κ1) is 18.0. The zero-order chi connectivity index (χ0) is 17.2. The molecule has 0 aliphatic carbocycles. The molecule has 2 heterocycles. The molecule has 1 fully saturated rings. The molecule has 2 atom stereocenters. The van der Waals surface area contributed by atoms with Crippen molar-refractivity contribution >= 4 is 34.8 Å². The third kappa shape index (κ3) is 5.08. The maximum Gasteiger partial charge on any atom is 0.390 e. The van der Waals surface area contributed by atoms with Crippen molar-refractivity contribution in [1.82, 2.24) is 10.2 Å². The summed E-state index contributed by atoms with van der Waals surface area (Å²) in [6.07, 6.45) is -5.37. The summed E-state index contributed by atoms with van der Waals surface area (Å²) < 4.78 is 37.4. The summed E-state index contributed by atoms with van der Waals surface area (Å²) >= 11 is 6.81. The number of hydrogen-bond donors (Lipinski definition) is 2. The lowest BCUT2D eigenvalue weighted by molar-refractivity contribution is -0.148. The molecule has 2 rings (SSSR count). The minimum absolute atomic E-state index is 0.0674. The van der Waals surface area contributed by atoms with Crippen LogP contribution in [0, 0.1) is 0 Å². The highest BCUT2D eigenvalue weighted by Gasteiger charge is 2.39. The molecule has 0 radical (unpaired) electrons. The van der Waals surface area contributed by atoms with E-state index in [9.17, 15) is 22.8 Å². The number of halogens is 4. The van der Waals surface area contributed by atoms with Gasteiger partial charge in [-0.05, 0) is 18.6 Å². The lowest BCUT2D eigenvalue weighted by Crippen LogP contribution is -2.39. The number of carbonyl (C=O) groups excluding carboxylic acids is 1. The second-order valence-electron chi connectivity index (χ2n) is 5.22. The molecule has 0 saturated carbocycles. The molecule has 2 N–H and O–H groups in total. The van der Waals surface area contributed by atoms with Crippen molar-refractivity contribution < 1.29 is 27.9 Å². The summed E-state index contributed by atoms with van der Waals surface area (Å²) in [4.78, 5) is 24.8. The van der Waals surface area contributed by atoms with Crippen molar-refractivity contribution in [2.24, 2.45) is 0 Å². The van der Waals surface area contributed by atoms with E-state index in [4.69, 9.17) is 16.7 Å². The summed E-state index contributed by atoms with van der Waals surface area (Å²) in [6, 6.07) is 1.55. The summed E-state index contributed by atoms with van der Waals surface area (Å²) in [7, 11) is 0. The average molecular weight is 371 g/mol. The molecule has 10 heteroatoms. The molecule has 23 heavy (non-hydrogen) atoms. The van der Waals surface area contributed by atoms with Crippen LogP contribution in [0.1, 0.15) is 22.5 Å². The summed E-state index contributed by atoms with van der Waals surface area (Å²) in [6.45, 7) is -0.338. The number of hydrogen-bond acceptors (Lipinski definition) is 4. The SMILES string of the molecule is O=C(NC1CC(C(=O)O)N(CCC(F)(F)F)C1)c1ccc(Cl)s1. The fraction of sp³-hybridized carbons (Fsp3) is 0.538. The van der Waals surface area contributed by atoms with Gasteiger partial charge in [0.15, 0.2) is 0 Å². The van der Waals surface area contributed by atoms with Gasteiger partial charge in [0, 0.05) is 19.1 Å². The maximum atomic E-state index is 12.3. The highest BCUT2D eigenvalue weighted by molar-refractivity contribution is 7.17. The van der Waals surface area contributed by atoms with Gasteiger partial charge in [0.25, 0.3) is 5.91 Å². The van der Waals surface area contributed by atoms with Crippen LogP contribution in [-0.2, 0) is 4.79 Å². The van der Waals surface area contributed by atoms with Gasteiger partial charge in [0.2, 0.25) is 0 Å². The van der Waals surface area contributed by atoms with Crippen molar-refractivity contribution in [3.8, 4) is 0 Å². The molecular weight excluding hydrogens is 357 g/mol. The van der Waals surface area contributed by atoms with Crippen molar-refractivity contribution in [3.05, 3.63) is 21.3 Å². The number of likely N-dealkylation sites (tertiary alicyclic amines) is 1. The number of thiophene rings is 1. The van der Waals surface area contributed by atoms with Crippen molar-refractivity contribution in [2.45, 2.75) is 31.1 Å².